The van der Waals surface area contributed by atoms with Crippen LogP contribution in [0, 0.1) is 0 Å². The zero-order chi connectivity index (χ0) is 33.7. The van der Waals surface area contributed by atoms with E-state index in [4.69, 9.17) is 14.2 Å². The topological polar surface area (TPSA) is 135 Å². The molecule has 3 aliphatic rings. The number of carbonyl (C=O) groups is 3. The number of ether oxygens (including phenoxy) is 3. The summed E-state index contributed by atoms with van der Waals surface area (Å²) in [6.07, 6.45) is 1.68. The van der Waals surface area contributed by atoms with Gasteiger partial charge >= 0.3 is 0 Å². The van der Waals surface area contributed by atoms with Crippen molar-refractivity contribution in [3.63, 3.8) is 0 Å². The monoisotopic (exact) mass is 664 g/mol. The van der Waals surface area contributed by atoms with Crippen LogP contribution in [0.1, 0.15) is 34.3 Å². The molecule has 0 radical (unpaired) electrons. The van der Waals surface area contributed by atoms with Gasteiger partial charge in [0.2, 0.25) is 21.8 Å². The number of piperidine rings is 1. The number of amides is 3. The van der Waals surface area contributed by atoms with Crippen molar-refractivity contribution < 1.29 is 37.0 Å². The lowest BCUT2D eigenvalue weighted by Gasteiger charge is -2.39. The molecular formula is C34H40N4O8S. The minimum atomic E-state index is -3.44. The van der Waals surface area contributed by atoms with Gasteiger partial charge in [-0.15, -0.1) is 0 Å². The van der Waals surface area contributed by atoms with Crippen LogP contribution in [-0.2, 0) is 37.4 Å². The molecule has 3 aromatic carbocycles. The zero-order valence-electron chi connectivity index (χ0n) is 27.0. The van der Waals surface area contributed by atoms with Crippen LogP contribution >= 0.6 is 0 Å². The Labute approximate surface area is 275 Å². The van der Waals surface area contributed by atoms with Crippen molar-refractivity contribution in [2.45, 2.75) is 38.0 Å². The lowest BCUT2D eigenvalue weighted by Crippen LogP contribution is -2.57. The van der Waals surface area contributed by atoms with Gasteiger partial charge < -0.3 is 29.3 Å². The number of carbonyl (C=O) groups excluding carboxylic acids is 3. The molecule has 3 aliphatic heterocycles. The van der Waals surface area contributed by atoms with Gasteiger partial charge in [0.05, 0.1) is 44.4 Å². The summed E-state index contributed by atoms with van der Waals surface area (Å²) >= 11 is 0. The second-order valence-corrected chi connectivity index (χ2v) is 13.8. The Bertz CT molecular complexity index is 1730. The molecule has 0 unspecified atom stereocenters. The quantitative estimate of drug-likeness (QED) is 0.450. The second-order valence-electron chi connectivity index (χ2n) is 11.8. The number of sulfonamides is 1. The largest absolute Gasteiger partial charge is 0.493 e. The van der Waals surface area contributed by atoms with E-state index in [1.54, 1.807) is 43.3 Å². The lowest BCUT2D eigenvalue weighted by atomic mass is 10.00. The van der Waals surface area contributed by atoms with Crippen LogP contribution in [0.3, 0.4) is 0 Å². The molecule has 2 atom stereocenters. The standard InChI is InChI=1S/C34H40N4O8S/c1-36-21-32(39)35-28-16-17-38(34(41)25-10-12-26(13-11-25)37(2)47(4,42)43)20-31(28)45-22-24-6-5-7-27(18-24)46-29-14-8-23(9-15-33(36)40)19-30(29)44-3/h5-8,10-14,18-19,28,31H,9,15-17,20-22H2,1-4H3,(H,35,39)/t28-,31-/m0/s1. The average molecular weight is 665 g/mol. The van der Waals surface area contributed by atoms with E-state index in [-0.39, 0.29) is 43.8 Å². The van der Waals surface area contributed by atoms with Crippen molar-refractivity contribution in [2.75, 3.05) is 51.4 Å². The van der Waals surface area contributed by atoms with Gasteiger partial charge in [-0.2, -0.15) is 0 Å². The molecule has 3 amide bonds. The van der Waals surface area contributed by atoms with Gasteiger partial charge in [-0.1, -0.05) is 18.2 Å². The molecule has 12 nitrogen and oxygen atoms in total. The van der Waals surface area contributed by atoms with Gasteiger partial charge in [0.15, 0.2) is 11.5 Å². The zero-order valence-corrected chi connectivity index (χ0v) is 27.8. The van der Waals surface area contributed by atoms with Crippen molar-refractivity contribution in [3.8, 4) is 17.2 Å². The highest BCUT2D eigenvalue weighted by Crippen LogP contribution is 2.33. The van der Waals surface area contributed by atoms with E-state index in [9.17, 15) is 22.8 Å². The Kier molecular flexibility index (Phi) is 10.4. The van der Waals surface area contributed by atoms with Crippen LogP contribution in [0.2, 0.25) is 0 Å². The molecule has 250 valence electrons. The maximum Gasteiger partial charge on any atom is 0.253 e. The Balaban J connectivity index is 1.37. The van der Waals surface area contributed by atoms with Crippen molar-refractivity contribution in [1.82, 2.24) is 15.1 Å². The van der Waals surface area contributed by atoms with E-state index in [1.807, 2.05) is 42.5 Å². The number of aryl methyl sites for hydroxylation is 1. The number of rotatable bonds is 4. The second kappa shape index (κ2) is 14.4. The molecule has 1 N–H and O–H groups in total. The molecule has 4 bridgehead atoms. The van der Waals surface area contributed by atoms with Gasteiger partial charge in [0, 0.05) is 39.2 Å². The SMILES string of the molecule is COc1cc2ccc1Oc1cccc(c1)CO[C@H]1CN(C(=O)c3ccc(N(C)S(C)(=O)=O)cc3)CC[C@@H]1NC(=O)CN(C)C(=O)CC2. The van der Waals surface area contributed by atoms with Gasteiger partial charge in [-0.3, -0.25) is 18.7 Å². The lowest BCUT2D eigenvalue weighted by molar-refractivity contribution is -0.135. The third-order valence-corrected chi connectivity index (χ3v) is 9.63. The molecule has 13 heteroatoms. The fourth-order valence-electron chi connectivity index (χ4n) is 5.60. The molecule has 47 heavy (non-hydrogen) atoms. The smallest absolute Gasteiger partial charge is 0.253 e. The summed E-state index contributed by atoms with van der Waals surface area (Å²) in [5.74, 6) is 0.932. The predicted molar refractivity (Wildman–Crippen MR) is 176 cm³/mol. The van der Waals surface area contributed by atoms with Crippen molar-refractivity contribution in [3.05, 3.63) is 83.4 Å². The highest BCUT2D eigenvalue weighted by molar-refractivity contribution is 7.92. The fraction of sp³-hybridized carbons (Fsp3) is 0.382. The summed E-state index contributed by atoms with van der Waals surface area (Å²) in [7, 11) is 1.17. The Morgan fingerprint density at radius 3 is 2.51 bits per heavy atom. The maximum atomic E-state index is 13.5. The first-order chi connectivity index (χ1) is 22.4. The molecule has 3 heterocycles. The van der Waals surface area contributed by atoms with E-state index in [0.29, 0.717) is 47.9 Å². The summed E-state index contributed by atoms with van der Waals surface area (Å²) in [5, 5.41) is 3.04. The van der Waals surface area contributed by atoms with E-state index < -0.39 is 22.2 Å². The fourth-order valence-corrected chi connectivity index (χ4v) is 6.11. The molecule has 0 saturated carbocycles. The van der Waals surface area contributed by atoms with Gasteiger partial charge in [-0.25, -0.2) is 8.42 Å². The summed E-state index contributed by atoms with van der Waals surface area (Å²) in [5.41, 5.74) is 2.59. The number of hydrogen-bond donors (Lipinski definition) is 1. The summed E-state index contributed by atoms with van der Waals surface area (Å²) in [4.78, 5) is 42.6. The molecule has 0 aliphatic carbocycles. The van der Waals surface area contributed by atoms with Crippen LogP contribution in [-0.4, -0.2) is 95.2 Å². The first kappa shape index (κ1) is 33.7. The minimum Gasteiger partial charge on any atom is -0.493 e. The molecule has 0 aromatic heterocycles. The first-order valence-corrected chi connectivity index (χ1v) is 17.2. The highest BCUT2D eigenvalue weighted by atomic mass is 32.2. The van der Waals surface area contributed by atoms with Gasteiger partial charge in [0.25, 0.3) is 5.91 Å². The third kappa shape index (κ3) is 8.40. The summed E-state index contributed by atoms with van der Waals surface area (Å²) in [6.45, 7) is 0.656. The Hall–Kier alpha value is -4.62. The molecule has 0 spiro atoms. The Morgan fingerprint density at radius 1 is 1.02 bits per heavy atom. The van der Waals surface area contributed by atoms with E-state index in [0.717, 1.165) is 21.7 Å². The normalized spacial score (nSPS) is 19.4. The van der Waals surface area contributed by atoms with Crippen LogP contribution < -0.4 is 19.1 Å². The van der Waals surface area contributed by atoms with Gasteiger partial charge in [-0.05, 0) is 72.5 Å². The van der Waals surface area contributed by atoms with Crippen molar-refractivity contribution >= 4 is 33.4 Å². The highest BCUT2D eigenvalue weighted by Gasteiger charge is 2.34. The van der Waals surface area contributed by atoms with Crippen molar-refractivity contribution in [1.29, 1.82) is 0 Å². The van der Waals surface area contributed by atoms with E-state index >= 15 is 0 Å². The molecule has 1 fully saturated rings. The molecule has 1 saturated heterocycles. The number of fused-ring (bicyclic) bond motifs is 9. The van der Waals surface area contributed by atoms with Crippen LogP contribution in [0.25, 0.3) is 0 Å². The number of methoxy groups -OCH3 is 1. The number of anilines is 1. The third-order valence-electron chi connectivity index (χ3n) is 8.42. The average Bonchev–Trinajstić information content (AvgIpc) is 3.06. The molecule has 6 rings (SSSR count). The van der Waals surface area contributed by atoms with Gasteiger partial charge in [0.1, 0.15) is 5.75 Å². The minimum absolute atomic E-state index is 0.114. The molecular weight excluding hydrogens is 624 g/mol. The maximum absolute atomic E-state index is 13.5. The predicted octanol–water partition coefficient (Wildman–Crippen LogP) is 3.20. The van der Waals surface area contributed by atoms with E-state index in [1.165, 1.54) is 11.9 Å². The van der Waals surface area contributed by atoms with E-state index in [2.05, 4.69) is 5.32 Å². The number of hydrogen-bond acceptors (Lipinski definition) is 8. The summed E-state index contributed by atoms with van der Waals surface area (Å²) in [6, 6.07) is 19.0. The first-order valence-electron chi connectivity index (χ1n) is 15.3. The van der Waals surface area contributed by atoms with Crippen LogP contribution in [0.15, 0.2) is 66.7 Å². The Morgan fingerprint density at radius 2 is 1.79 bits per heavy atom. The molecule has 3 aromatic rings. The number of nitrogens with zero attached hydrogens (tertiary/aromatic N) is 3. The number of likely N-dealkylation sites (tertiary alicyclic amines) is 1. The summed E-state index contributed by atoms with van der Waals surface area (Å²) < 4.78 is 43.1. The van der Waals surface area contributed by atoms with Crippen LogP contribution in [0.4, 0.5) is 5.69 Å². The van der Waals surface area contributed by atoms with Crippen molar-refractivity contribution in [2.24, 2.45) is 0 Å². The number of benzene rings is 3. The van der Waals surface area contributed by atoms with Crippen LogP contribution in [0.5, 0.6) is 17.2 Å². The number of likely N-dealkylation sites (N-methyl/N-ethyl adjacent to an activating group) is 1. The number of nitrogens with one attached hydrogen (secondary N) is 1.